The van der Waals surface area contributed by atoms with Gasteiger partial charge >= 0.3 is 5.97 Å². The number of halogens is 2. The predicted molar refractivity (Wildman–Crippen MR) is 121 cm³/mol. The number of aryl methyl sites for hydroxylation is 1. The van der Waals surface area contributed by atoms with E-state index in [0.29, 0.717) is 16.6 Å². The molecule has 0 aliphatic carbocycles. The van der Waals surface area contributed by atoms with Gasteiger partial charge in [-0.1, -0.05) is 24.3 Å². The average molecular weight is 450 g/mol. The number of aromatic nitrogens is 1. The number of para-hydroxylation sites is 1. The maximum absolute atomic E-state index is 13.1. The molecule has 4 rings (SSSR count). The van der Waals surface area contributed by atoms with Crippen LogP contribution in [0.15, 0.2) is 69.9 Å². The molecule has 0 aliphatic rings. The molecule has 4 aromatic rings. The number of rotatable bonds is 6. The second kappa shape index (κ2) is 8.82. The highest BCUT2D eigenvalue weighted by Gasteiger charge is 2.19. The van der Waals surface area contributed by atoms with Crippen molar-refractivity contribution in [1.82, 2.24) is 4.98 Å². The Morgan fingerprint density at radius 2 is 1.85 bits per heavy atom. The number of pyridine rings is 1. The topological polar surface area (TPSA) is 92.4 Å². The normalized spacial score (nSPS) is 12.2. The number of alkyl halides is 2. The third-order valence-corrected chi connectivity index (χ3v) is 5.24. The number of carbonyl (C=O) groups is 1. The van der Waals surface area contributed by atoms with Gasteiger partial charge in [0.15, 0.2) is 11.2 Å². The molecule has 0 radical (unpaired) electrons. The summed E-state index contributed by atoms with van der Waals surface area (Å²) in [6.07, 6.45) is -2.76. The third-order valence-electron chi connectivity index (χ3n) is 5.24. The van der Waals surface area contributed by atoms with Crippen molar-refractivity contribution < 1.29 is 23.1 Å². The number of nitrogens with one attached hydrogen (secondary N) is 1. The second-order valence-corrected chi connectivity index (χ2v) is 7.67. The lowest BCUT2D eigenvalue weighted by atomic mass is 10.0. The SMILES string of the molecule is Cc1cc(C(C)Nc2ccccc2C(=O)O)c2oc(-c3cccc(C(F)F)n3)cc(=O)c2c1. The molecule has 8 heteroatoms. The molecule has 0 amide bonds. The summed E-state index contributed by atoms with van der Waals surface area (Å²) < 4.78 is 32.2. The Bertz CT molecular complexity index is 1420. The average Bonchev–Trinajstić information content (AvgIpc) is 2.79. The molecule has 0 aliphatic heterocycles. The van der Waals surface area contributed by atoms with Gasteiger partial charge in [0.25, 0.3) is 6.43 Å². The maximum atomic E-state index is 13.1. The molecule has 2 aromatic heterocycles. The minimum Gasteiger partial charge on any atom is -0.478 e. The Morgan fingerprint density at radius 3 is 2.58 bits per heavy atom. The number of nitrogens with zero attached hydrogens (tertiary/aromatic N) is 1. The molecule has 0 saturated carbocycles. The first-order valence-corrected chi connectivity index (χ1v) is 10.2. The first-order chi connectivity index (χ1) is 15.7. The molecule has 168 valence electrons. The summed E-state index contributed by atoms with van der Waals surface area (Å²) in [6, 6.07) is 14.9. The summed E-state index contributed by atoms with van der Waals surface area (Å²) in [5.41, 5.74) is 1.60. The van der Waals surface area contributed by atoms with Crippen LogP contribution in [0.3, 0.4) is 0 Å². The molecule has 2 heterocycles. The Hall–Kier alpha value is -4.07. The van der Waals surface area contributed by atoms with Crippen LogP contribution in [-0.4, -0.2) is 16.1 Å². The Morgan fingerprint density at radius 1 is 1.09 bits per heavy atom. The highest BCUT2D eigenvalue weighted by atomic mass is 19.3. The minimum atomic E-state index is -2.76. The third kappa shape index (κ3) is 4.45. The molecule has 0 spiro atoms. The van der Waals surface area contributed by atoms with Crippen LogP contribution in [0.4, 0.5) is 14.5 Å². The van der Waals surface area contributed by atoms with Gasteiger partial charge in [-0.3, -0.25) is 4.79 Å². The predicted octanol–water partition coefficient (Wildman–Crippen LogP) is 5.97. The van der Waals surface area contributed by atoms with Gasteiger partial charge in [0.2, 0.25) is 0 Å². The summed E-state index contributed by atoms with van der Waals surface area (Å²) in [7, 11) is 0. The number of hydrogen-bond acceptors (Lipinski definition) is 5. The lowest BCUT2D eigenvalue weighted by Gasteiger charge is -2.19. The van der Waals surface area contributed by atoms with Crippen LogP contribution >= 0.6 is 0 Å². The van der Waals surface area contributed by atoms with Crippen LogP contribution in [0, 0.1) is 6.92 Å². The highest BCUT2D eigenvalue weighted by molar-refractivity contribution is 5.94. The summed E-state index contributed by atoms with van der Waals surface area (Å²) in [4.78, 5) is 28.4. The van der Waals surface area contributed by atoms with Gasteiger partial charge in [-0.2, -0.15) is 0 Å². The van der Waals surface area contributed by atoms with Gasteiger partial charge in [0.05, 0.1) is 17.0 Å². The van der Waals surface area contributed by atoms with Gasteiger partial charge in [-0.15, -0.1) is 0 Å². The largest absolute Gasteiger partial charge is 0.478 e. The van der Waals surface area contributed by atoms with Crippen molar-refractivity contribution in [3.05, 3.63) is 93.3 Å². The molecule has 0 saturated heterocycles. The van der Waals surface area contributed by atoms with Crippen LogP contribution in [0.5, 0.6) is 0 Å². The van der Waals surface area contributed by atoms with Gasteiger partial charge in [0.1, 0.15) is 17.0 Å². The smallest absolute Gasteiger partial charge is 0.337 e. The van der Waals surface area contributed by atoms with Gasteiger partial charge in [-0.05, 0) is 49.7 Å². The van der Waals surface area contributed by atoms with E-state index in [1.807, 2.05) is 19.9 Å². The lowest BCUT2D eigenvalue weighted by molar-refractivity contribution is 0.0698. The molecule has 2 aromatic carbocycles. The zero-order valence-electron chi connectivity index (χ0n) is 17.8. The van der Waals surface area contributed by atoms with Crippen molar-refractivity contribution in [3.8, 4) is 11.5 Å². The van der Waals surface area contributed by atoms with E-state index in [-0.39, 0.29) is 28.0 Å². The second-order valence-electron chi connectivity index (χ2n) is 7.67. The lowest BCUT2D eigenvalue weighted by Crippen LogP contribution is -2.12. The quantitative estimate of drug-likeness (QED) is 0.376. The van der Waals surface area contributed by atoms with Crippen LogP contribution < -0.4 is 10.7 Å². The van der Waals surface area contributed by atoms with Gasteiger partial charge < -0.3 is 14.8 Å². The number of carboxylic acids is 1. The molecule has 2 N–H and O–H groups in total. The van der Waals surface area contributed by atoms with Gasteiger partial charge in [-0.25, -0.2) is 18.6 Å². The number of aromatic carboxylic acids is 1. The Kier molecular flexibility index (Phi) is 5.91. The maximum Gasteiger partial charge on any atom is 0.337 e. The van der Waals surface area contributed by atoms with Crippen molar-refractivity contribution in [2.75, 3.05) is 5.32 Å². The summed E-state index contributed by atoms with van der Waals surface area (Å²) in [6.45, 7) is 3.65. The fraction of sp³-hybridized carbons (Fsp3) is 0.160. The number of benzene rings is 2. The monoisotopic (exact) mass is 450 g/mol. The Balaban J connectivity index is 1.84. The molecule has 1 atom stereocenters. The van der Waals surface area contributed by atoms with Gasteiger partial charge in [0, 0.05) is 17.3 Å². The van der Waals surface area contributed by atoms with Crippen LogP contribution in [-0.2, 0) is 0 Å². The highest BCUT2D eigenvalue weighted by Crippen LogP contribution is 2.31. The number of carboxylic acid groups (broad SMARTS) is 1. The summed E-state index contributed by atoms with van der Waals surface area (Å²) in [5.74, 6) is -1.00. The molecule has 6 nitrogen and oxygen atoms in total. The molecular formula is C25H20F2N2O4. The fourth-order valence-corrected chi connectivity index (χ4v) is 3.70. The van der Waals surface area contributed by atoms with E-state index in [9.17, 15) is 23.5 Å². The van der Waals surface area contributed by atoms with E-state index in [1.54, 1.807) is 24.3 Å². The van der Waals surface area contributed by atoms with Crippen LogP contribution in [0.1, 0.15) is 46.6 Å². The van der Waals surface area contributed by atoms with Crippen molar-refractivity contribution in [2.45, 2.75) is 26.3 Å². The first kappa shape index (κ1) is 22.1. The summed E-state index contributed by atoms with van der Waals surface area (Å²) in [5, 5.41) is 13.0. The van der Waals surface area contributed by atoms with Crippen molar-refractivity contribution in [3.63, 3.8) is 0 Å². The zero-order valence-corrected chi connectivity index (χ0v) is 17.8. The summed E-state index contributed by atoms with van der Waals surface area (Å²) >= 11 is 0. The van der Waals surface area contributed by atoms with E-state index in [2.05, 4.69) is 10.3 Å². The first-order valence-electron chi connectivity index (χ1n) is 10.2. The van der Waals surface area contributed by atoms with Crippen molar-refractivity contribution in [1.29, 1.82) is 0 Å². The van der Waals surface area contributed by atoms with Crippen LogP contribution in [0.2, 0.25) is 0 Å². The van der Waals surface area contributed by atoms with Crippen molar-refractivity contribution in [2.24, 2.45) is 0 Å². The van der Waals surface area contributed by atoms with E-state index in [1.165, 1.54) is 30.3 Å². The molecule has 33 heavy (non-hydrogen) atoms. The number of fused-ring (bicyclic) bond motifs is 1. The molecule has 0 fully saturated rings. The fourth-order valence-electron chi connectivity index (χ4n) is 3.70. The van der Waals surface area contributed by atoms with E-state index in [0.717, 1.165) is 5.56 Å². The molecular weight excluding hydrogens is 430 g/mol. The van der Waals surface area contributed by atoms with E-state index >= 15 is 0 Å². The standard InChI is InChI=1S/C25H20F2N2O4/c1-13-10-16(14(2)28-18-7-4-3-6-15(18)25(31)32)23-17(11-13)21(30)12-22(33-23)19-8-5-9-20(29-19)24(26)27/h3-12,14,24,28H,1-2H3,(H,31,32). The van der Waals surface area contributed by atoms with E-state index in [4.69, 9.17) is 4.42 Å². The zero-order chi connectivity index (χ0) is 23.7. The van der Waals surface area contributed by atoms with E-state index < -0.39 is 24.1 Å². The molecule has 1 unspecified atom stereocenters. The minimum absolute atomic E-state index is 0.0678. The number of hydrogen-bond donors (Lipinski definition) is 2. The molecule has 0 bridgehead atoms. The van der Waals surface area contributed by atoms with Crippen molar-refractivity contribution >= 4 is 22.6 Å². The van der Waals surface area contributed by atoms with Crippen LogP contribution in [0.25, 0.3) is 22.4 Å². The number of anilines is 1. The Labute approximate surface area is 187 Å².